The Hall–Kier alpha value is -0.600. The van der Waals surface area contributed by atoms with Crippen molar-refractivity contribution in [2.45, 2.75) is 39.3 Å². The van der Waals surface area contributed by atoms with Crippen LogP contribution in [0.5, 0.6) is 0 Å². The van der Waals surface area contributed by atoms with Crippen LogP contribution < -0.4 is 5.32 Å². The molecule has 0 aliphatic heterocycles. The standard InChI is InChI=1S/C14H19ClFN/c1-9-3-6-14(10(9)2)17-8-11-7-12(16)4-5-13(11)15/h4-5,7,9-10,14,17H,3,6,8H2,1-2H3. The number of halogens is 2. The van der Waals surface area contributed by atoms with Gasteiger partial charge in [0.05, 0.1) is 0 Å². The van der Waals surface area contributed by atoms with Crippen LogP contribution in [-0.4, -0.2) is 6.04 Å². The van der Waals surface area contributed by atoms with E-state index in [4.69, 9.17) is 11.6 Å². The average molecular weight is 256 g/mol. The largest absolute Gasteiger partial charge is 0.310 e. The second-order valence-electron chi connectivity index (χ2n) is 5.14. The summed E-state index contributed by atoms with van der Waals surface area (Å²) in [4.78, 5) is 0. The van der Waals surface area contributed by atoms with Gasteiger partial charge in [0.25, 0.3) is 0 Å². The minimum absolute atomic E-state index is 0.223. The SMILES string of the molecule is CC1CCC(NCc2cc(F)ccc2Cl)C1C. The highest BCUT2D eigenvalue weighted by Crippen LogP contribution is 2.31. The molecular formula is C14H19ClFN. The van der Waals surface area contributed by atoms with E-state index >= 15 is 0 Å². The van der Waals surface area contributed by atoms with Crippen molar-refractivity contribution in [1.82, 2.24) is 5.32 Å². The Morgan fingerprint density at radius 3 is 2.76 bits per heavy atom. The summed E-state index contributed by atoms with van der Waals surface area (Å²) in [5, 5.41) is 4.13. The Labute approximate surface area is 107 Å². The molecule has 0 heterocycles. The summed E-state index contributed by atoms with van der Waals surface area (Å²) in [7, 11) is 0. The maximum absolute atomic E-state index is 13.1. The summed E-state index contributed by atoms with van der Waals surface area (Å²) < 4.78 is 13.1. The lowest BCUT2D eigenvalue weighted by molar-refractivity contribution is 0.369. The van der Waals surface area contributed by atoms with Crippen molar-refractivity contribution < 1.29 is 4.39 Å². The minimum atomic E-state index is -0.223. The molecule has 17 heavy (non-hydrogen) atoms. The summed E-state index contributed by atoms with van der Waals surface area (Å²) in [6.45, 7) is 5.22. The van der Waals surface area contributed by atoms with Crippen LogP contribution in [0.4, 0.5) is 4.39 Å². The lowest BCUT2D eigenvalue weighted by atomic mass is 9.98. The zero-order chi connectivity index (χ0) is 12.4. The van der Waals surface area contributed by atoms with Crippen LogP contribution >= 0.6 is 11.6 Å². The van der Waals surface area contributed by atoms with Crippen molar-refractivity contribution in [1.29, 1.82) is 0 Å². The summed E-state index contributed by atoms with van der Waals surface area (Å²) in [6, 6.07) is 5.06. The fourth-order valence-electron chi connectivity index (χ4n) is 2.57. The number of benzene rings is 1. The van der Waals surface area contributed by atoms with Crippen LogP contribution in [-0.2, 0) is 6.54 Å². The monoisotopic (exact) mass is 255 g/mol. The summed E-state index contributed by atoms with van der Waals surface area (Å²) in [5.74, 6) is 1.23. The van der Waals surface area contributed by atoms with E-state index in [1.807, 2.05) is 0 Å². The summed E-state index contributed by atoms with van der Waals surface area (Å²) in [6.07, 6.45) is 2.48. The molecule has 0 amide bonds. The third kappa shape index (κ3) is 2.99. The highest BCUT2D eigenvalue weighted by atomic mass is 35.5. The molecule has 94 valence electrons. The average Bonchev–Trinajstić information content (AvgIpc) is 2.62. The van der Waals surface area contributed by atoms with Gasteiger partial charge < -0.3 is 5.32 Å². The molecule has 0 spiro atoms. The van der Waals surface area contributed by atoms with Crippen LogP contribution in [0.3, 0.4) is 0 Å². The Morgan fingerprint density at radius 2 is 2.12 bits per heavy atom. The number of rotatable bonds is 3. The zero-order valence-corrected chi connectivity index (χ0v) is 11.1. The highest BCUT2D eigenvalue weighted by molar-refractivity contribution is 6.31. The highest BCUT2D eigenvalue weighted by Gasteiger charge is 2.29. The molecule has 1 aliphatic rings. The van der Waals surface area contributed by atoms with E-state index in [2.05, 4.69) is 19.2 Å². The molecule has 0 aromatic heterocycles. The molecule has 3 unspecified atom stereocenters. The molecular weight excluding hydrogens is 237 g/mol. The van der Waals surface area contributed by atoms with Crippen molar-refractivity contribution in [3.8, 4) is 0 Å². The molecule has 1 nitrogen and oxygen atoms in total. The molecule has 3 atom stereocenters. The van der Waals surface area contributed by atoms with Crippen molar-refractivity contribution in [2.24, 2.45) is 11.8 Å². The van der Waals surface area contributed by atoms with Crippen LogP contribution in [0.25, 0.3) is 0 Å². The van der Waals surface area contributed by atoms with Crippen LogP contribution in [0.1, 0.15) is 32.3 Å². The first-order valence-corrected chi connectivity index (χ1v) is 6.63. The van der Waals surface area contributed by atoms with E-state index in [9.17, 15) is 4.39 Å². The van der Waals surface area contributed by atoms with Gasteiger partial charge >= 0.3 is 0 Å². The van der Waals surface area contributed by atoms with Crippen molar-refractivity contribution in [2.75, 3.05) is 0 Å². The predicted octanol–water partition coefficient (Wildman–Crippen LogP) is 4.00. The lowest BCUT2D eigenvalue weighted by Crippen LogP contribution is -2.32. The van der Waals surface area contributed by atoms with E-state index in [-0.39, 0.29) is 5.82 Å². The molecule has 3 heteroatoms. The van der Waals surface area contributed by atoms with Gasteiger partial charge in [-0.1, -0.05) is 25.4 Å². The van der Waals surface area contributed by atoms with Gasteiger partial charge in [0.1, 0.15) is 5.82 Å². The maximum atomic E-state index is 13.1. The van der Waals surface area contributed by atoms with Gasteiger partial charge in [0.15, 0.2) is 0 Å². The van der Waals surface area contributed by atoms with Gasteiger partial charge in [-0.2, -0.15) is 0 Å². The van der Waals surface area contributed by atoms with E-state index in [0.717, 1.165) is 11.5 Å². The molecule has 0 radical (unpaired) electrons. The van der Waals surface area contributed by atoms with Crippen LogP contribution in [0.15, 0.2) is 18.2 Å². The van der Waals surface area contributed by atoms with Gasteiger partial charge in [0, 0.05) is 17.6 Å². The molecule has 1 N–H and O–H groups in total. The third-order valence-corrected chi connectivity index (χ3v) is 4.40. The van der Waals surface area contributed by atoms with Gasteiger partial charge in [-0.05, 0) is 48.4 Å². The normalized spacial score (nSPS) is 28.6. The number of hydrogen-bond donors (Lipinski definition) is 1. The van der Waals surface area contributed by atoms with Gasteiger partial charge in [-0.25, -0.2) is 4.39 Å². The van der Waals surface area contributed by atoms with E-state index < -0.39 is 0 Å². The lowest BCUT2D eigenvalue weighted by Gasteiger charge is -2.20. The van der Waals surface area contributed by atoms with Gasteiger partial charge in [0.2, 0.25) is 0 Å². The fourth-order valence-corrected chi connectivity index (χ4v) is 2.76. The van der Waals surface area contributed by atoms with E-state index in [0.29, 0.717) is 23.5 Å². The third-order valence-electron chi connectivity index (χ3n) is 4.03. The van der Waals surface area contributed by atoms with Crippen molar-refractivity contribution in [3.05, 3.63) is 34.6 Å². The van der Waals surface area contributed by atoms with Crippen LogP contribution in [0.2, 0.25) is 5.02 Å². The molecule has 1 aromatic rings. The van der Waals surface area contributed by atoms with Crippen LogP contribution in [0, 0.1) is 17.7 Å². The molecule has 2 rings (SSSR count). The summed E-state index contributed by atoms with van der Waals surface area (Å²) >= 11 is 6.04. The molecule has 0 bridgehead atoms. The summed E-state index contributed by atoms with van der Waals surface area (Å²) in [5.41, 5.74) is 0.846. The minimum Gasteiger partial charge on any atom is -0.310 e. The molecule has 1 aliphatic carbocycles. The molecule has 0 saturated heterocycles. The molecule has 1 saturated carbocycles. The quantitative estimate of drug-likeness (QED) is 0.861. The molecule has 1 fully saturated rings. The Bertz CT molecular complexity index is 394. The van der Waals surface area contributed by atoms with E-state index in [1.165, 1.54) is 25.0 Å². The van der Waals surface area contributed by atoms with Gasteiger partial charge in [-0.3, -0.25) is 0 Å². The Balaban J connectivity index is 1.96. The first kappa shape index (κ1) is 12.8. The number of hydrogen-bond acceptors (Lipinski definition) is 1. The first-order valence-electron chi connectivity index (χ1n) is 6.25. The van der Waals surface area contributed by atoms with E-state index in [1.54, 1.807) is 6.07 Å². The Kier molecular flexibility index (Phi) is 4.05. The zero-order valence-electron chi connectivity index (χ0n) is 10.3. The topological polar surface area (TPSA) is 12.0 Å². The Morgan fingerprint density at radius 1 is 1.35 bits per heavy atom. The second kappa shape index (κ2) is 5.36. The second-order valence-corrected chi connectivity index (χ2v) is 5.54. The smallest absolute Gasteiger partial charge is 0.123 e. The van der Waals surface area contributed by atoms with Crippen molar-refractivity contribution in [3.63, 3.8) is 0 Å². The molecule has 1 aromatic carbocycles. The first-order chi connectivity index (χ1) is 8.08. The number of nitrogens with one attached hydrogen (secondary N) is 1. The van der Waals surface area contributed by atoms with Gasteiger partial charge in [-0.15, -0.1) is 0 Å². The predicted molar refractivity (Wildman–Crippen MR) is 69.6 cm³/mol. The maximum Gasteiger partial charge on any atom is 0.123 e. The fraction of sp³-hybridized carbons (Fsp3) is 0.571. The van der Waals surface area contributed by atoms with Crippen molar-refractivity contribution >= 4 is 11.6 Å².